The van der Waals surface area contributed by atoms with Crippen molar-refractivity contribution in [1.82, 2.24) is 14.9 Å². The number of carbonyl (C=O) groups excluding carboxylic acids is 1. The third-order valence-electron chi connectivity index (χ3n) is 4.63. The van der Waals surface area contributed by atoms with E-state index in [2.05, 4.69) is 57.9 Å². The fourth-order valence-electron chi connectivity index (χ4n) is 3.10. The van der Waals surface area contributed by atoms with Crippen molar-refractivity contribution < 1.29 is 4.79 Å². The first-order valence-corrected chi connectivity index (χ1v) is 10.3. The topological polar surface area (TPSA) is 46.9 Å². The van der Waals surface area contributed by atoms with Crippen molar-refractivity contribution in [2.45, 2.75) is 39.7 Å². The van der Waals surface area contributed by atoms with Gasteiger partial charge in [-0.05, 0) is 55.2 Å². The number of nitrogens with zero attached hydrogens (tertiary/aromatic N) is 2. The van der Waals surface area contributed by atoms with Crippen molar-refractivity contribution in [3.05, 3.63) is 64.4 Å². The molecular formula is C22H26BrN3O. The predicted molar refractivity (Wildman–Crippen MR) is 114 cm³/mol. The number of nitrogens with one attached hydrogen (secondary N) is 1. The molecule has 1 N–H and O–H groups in total. The van der Waals surface area contributed by atoms with E-state index in [-0.39, 0.29) is 5.91 Å². The molecule has 0 unspecified atom stereocenters. The molecule has 2 aromatic carbocycles. The lowest BCUT2D eigenvalue weighted by Gasteiger charge is -2.11. The van der Waals surface area contributed by atoms with Gasteiger partial charge >= 0.3 is 0 Å². The lowest BCUT2D eigenvalue weighted by molar-refractivity contribution is 0.0953. The van der Waals surface area contributed by atoms with Gasteiger partial charge in [0.05, 0.1) is 11.0 Å². The van der Waals surface area contributed by atoms with E-state index in [9.17, 15) is 4.79 Å². The number of amides is 1. The number of fused-ring (bicyclic) bond motifs is 1. The molecule has 27 heavy (non-hydrogen) atoms. The summed E-state index contributed by atoms with van der Waals surface area (Å²) >= 11 is 3.39. The second-order valence-electron chi connectivity index (χ2n) is 7.22. The molecule has 0 aliphatic carbocycles. The molecule has 0 spiro atoms. The molecule has 0 radical (unpaired) electrons. The Morgan fingerprint density at radius 1 is 1.15 bits per heavy atom. The van der Waals surface area contributed by atoms with Crippen molar-refractivity contribution in [3.8, 4) is 0 Å². The molecule has 0 saturated heterocycles. The summed E-state index contributed by atoms with van der Waals surface area (Å²) in [7, 11) is 0. The highest BCUT2D eigenvalue weighted by Gasteiger charge is 2.11. The molecule has 0 atom stereocenters. The zero-order valence-corrected chi connectivity index (χ0v) is 17.5. The van der Waals surface area contributed by atoms with E-state index in [4.69, 9.17) is 4.98 Å². The Balaban J connectivity index is 1.60. The second kappa shape index (κ2) is 9.18. The molecule has 3 rings (SSSR count). The van der Waals surface area contributed by atoms with Gasteiger partial charge in [0.1, 0.15) is 5.82 Å². The average Bonchev–Trinajstić information content (AvgIpc) is 3.01. The van der Waals surface area contributed by atoms with Crippen LogP contribution in [-0.2, 0) is 13.0 Å². The monoisotopic (exact) mass is 427 g/mol. The summed E-state index contributed by atoms with van der Waals surface area (Å²) in [5.41, 5.74) is 2.93. The largest absolute Gasteiger partial charge is 0.352 e. The Morgan fingerprint density at radius 2 is 1.89 bits per heavy atom. The van der Waals surface area contributed by atoms with Crippen LogP contribution in [0.5, 0.6) is 0 Å². The Bertz CT molecular complexity index is 900. The lowest BCUT2D eigenvalue weighted by atomic mass is 10.1. The summed E-state index contributed by atoms with van der Waals surface area (Å²) < 4.78 is 3.31. The molecule has 0 saturated carbocycles. The van der Waals surface area contributed by atoms with Crippen LogP contribution in [0.1, 0.15) is 42.9 Å². The first-order valence-electron chi connectivity index (χ1n) is 9.52. The van der Waals surface area contributed by atoms with Gasteiger partial charge in [-0.3, -0.25) is 4.79 Å². The van der Waals surface area contributed by atoms with Crippen molar-refractivity contribution in [2.24, 2.45) is 5.92 Å². The molecule has 142 valence electrons. The molecule has 0 bridgehead atoms. The molecular weight excluding hydrogens is 402 g/mol. The molecule has 5 heteroatoms. The third kappa shape index (κ3) is 5.19. The van der Waals surface area contributed by atoms with Gasteiger partial charge in [0.2, 0.25) is 0 Å². The number of imidazole rings is 1. The van der Waals surface area contributed by atoms with E-state index in [1.165, 1.54) is 5.52 Å². The van der Waals surface area contributed by atoms with Gasteiger partial charge in [-0.15, -0.1) is 0 Å². The summed E-state index contributed by atoms with van der Waals surface area (Å²) in [6, 6.07) is 15.7. The zero-order valence-electron chi connectivity index (χ0n) is 15.9. The summed E-state index contributed by atoms with van der Waals surface area (Å²) in [5, 5.41) is 3.00. The highest BCUT2D eigenvalue weighted by atomic mass is 79.9. The third-order valence-corrected chi connectivity index (χ3v) is 5.16. The first kappa shape index (κ1) is 19.6. The van der Waals surface area contributed by atoms with Crippen molar-refractivity contribution in [2.75, 3.05) is 6.54 Å². The molecule has 1 amide bonds. The zero-order chi connectivity index (χ0) is 19.2. The molecule has 1 aromatic heterocycles. The first-order chi connectivity index (χ1) is 13.0. The Morgan fingerprint density at radius 3 is 2.63 bits per heavy atom. The van der Waals surface area contributed by atoms with Crippen LogP contribution in [0.4, 0.5) is 0 Å². The number of halogens is 1. The predicted octanol–water partition coefficient (Wildman–Crippen LogP) is 5.21. The number of carbonyl (C=O) groups is 1. The van der Waals surface area contributed by atoms with E-state index in [1.54, 1.807) is 0 Å². The maximum atomic E-state index is 12.2. The van der Waals surface area contributed by atoms with E-state index in [0.29, 0.717) is 18.0 Å². The lowest BCUT2D eigenvalue weighted by Crippen LogP contribution is -2.25. The van der Waals surface area contributed by atoms with Crippen molar-refractivity contribution in [3.63, 3.8) is 0 Å². The molecule has 0 aliphatic heterocycles. The highest BCUT2D eigenvalue weighted by Crippen LogP contribution is 2.19. The maximum Gasteiger partial charge on any atom is 0.251 e. The number of rotatable bonds is 8. The molecule has 3 aromatic rings. The van der Waals surface area contributed by atoms with Crippen molar-refractivity contribution in [1.29, 1.82) is 0 Å². The number of benzene rings is 2. The highest BCUT2D eigenvalue weighted by molar-refractivity contribution is 9.10. The normalized spacial score (nSPS) is 11.3. The summed E-state index contributed by atoms with van der Waals surface area (Å²) in [4.78, 5) is 17.0. The van der Waals surface area contributed by atoms with Crippen LogP contribution in [0.3, 0.4) is 0 Å². The summed E-state index contributed by atoms with van der Waals surface area (Å²) in [5.74, 6) is 1.73. The SMILES string of the molecule is CC(C)CCn1c(CCCNC(=O)c2ccc(Br)cc2)nc2ccccc21. The van der Waals surface area contributed by atoms with Crippen LogP contribution in [0.15, 0.2) is 53.0 Å². The summed E-state index contributed by atoms with van der Waals surface area (Å²) in [6.45, 7) is 6.12. The number of para-hydroxylation sites is 2. The fourth-order valence-corrected chi connectivity index (χ4v) is 3.37. The van der Waals surface area contributed by atoms with Gasteiger partial charge < -0.3 is 9.88 Å². The van der Waals surface area contributed by atoms with Gasteiger partial charge in [0, 0.05) is 29.5 Å². The number of aryl methyl sites for hydroxylation is 2. The van der Waals surface area contributed by atoms with E-state index >= 15 is 0 Å². The van der Waals surface area contributed by atoms with Gasteiger partial charge in [-0.2, -0.15) is 0 Å². The minimum Gasteiger partial charge on any atom is -0.352 e. The number of aromatic nitrogens is 2. The minimum absolute atomic E-state index is 0.0317. The van der Waals surface area contributed by atoms with Crippen LogP contribution >= 0.6 is 15.9 Å². The molecule has 0 fully saturated rings. The molecule has 0 aliphatic rings. The van der Waals surface area contributed by atoms with Crippen LogP contribution in [-0.4, -0.2) is 22.0 Å². The Hall–Kier alpha value is -2.14. The molecule has 4 nitrogen and oxygen atoms in total. The second-order valence-corrected chi connectivity index (χ2v) is 8.13. The van der Waals surface area contributed by atoms with Crippen molar-refractivity contribution >= 4 is 32.9 Å². The van der Waals surface area contributed by atoms with E-state index < -0.39 is 0 Å². The summed E-state index contributed by atoms with van der Waals surface area (Å²) in [6.07, 6.45) is 2.86. The van der Waals surface area contributed by atoms with Gasteiger partial charge in [0.25, 0.3) is 5.91 Å². The minimum atomic E-state index is -0.0317. The van der Waals surface area contributed by atoms with E-state index in [0.717, 1.165) is 41.6 Å². The Labute approximate surface area is 169 Å². The fraction of sp³-hybridized carbons (Fsp3) is 0.364. The van der Waals surface area contributed by atoms with Gasteiger partial charge in [0.15, 0.2) is 0 Å². The van der Waals surface area contributed by atoms with Crippen LogP contribution in [0.25, 0.3) is 11.0 Å². The van der Waals surface area contributed by atoms with Crippen LogP contribution in [0, 0.1) is 5.92 Å². The quantitative estimate of drug-likeness (QED) is 0.501. The van der Waals surface area contributed by atoms with Gasteiger partial charge in [-0.25, -0.2) is 4.98 Å². The van der Waals surface area contributed by atoms with Gasteiger partial charge in [-0.1, -0.05) is 41.9 Å². The number of hydrogen-bond donors (Lipinski definition) is 1. The smallest absolute Gasteiger partial charge is 0.251 e. The number of hydrogen-bond acceptors (Lipinski definition) is 2. The standard InChI is InChI=1S/C22H26BrN3O/c1-16(2)13-15-26-20-7-4-3-6-19(20)25-21(26)8-5-14-24-22(27)17-9-11-18(23)12-10-17/h3-4,6-7,9-12,16H,5,8,13-15H2,1-2H3,(H,24,27). The van der Waals surface area contributed by atoms with Crippen LogP contribution in [0.2, 0.25) is 0 Å². The van der Waals surface area contributed by atoms with Crippen LogP contribution < -0.4 is 5.32 Å². The Kier molecular flexibility index (Phi) is 6.67. The average molecular weight is 428 g/mol. The van der Waals surface area contributed by atoms with E-state index in [1.807, 2.05) is 30.3 Å². The molecule has 1 heterocycles. The maximum absolute atomic E-state index is 12.2.